The molecule has 92 valence electrons. The van der Waals surface area contributed by atoms with Crippen LogP contribution in [0, 0.1) is 17.8 Å². The van der Waals surface area contributed by atoms with Gasteiger partial charge in [-0.15, -0.1) is 0 Å². The van der Waals surface area contributed by atoms with Gasteiger partial charge in [0.15, 0.2) is 0 Å². The Kier molecular flexibility index (Phi) is 1.99. The summed E-state index contributed by atoms with van der Waals surface area (Å²) in [6, 6.07) is 0. The lowest BCUT2D eigenvalue weighted by Crippen LogP contribution is -2.52. The molecular weight excluding hydrogens is 210 g/mol. The number of hydrogen-bond acceptors (Lipinski definition) is 2. The Morgan fingerprint density at radius 2 is 1.76 bits per heavy atom. The van der Waals surface area contributed by atoms with Crippen molar-refractivity contribution in [1.82, 2.24) is 9.55 Å². The molecule has 0 unspecified atom stereocenters. The second kappa shape index (κ2) is 3.35. The number of nitrogens with two attached hydrogens (primary N) is 1. The molecule has 0 atom stereocenters. The fourth-order valence-corrected chi connectivity index (χ4v) is 5.26. The van der Waals surface area contributed by atoms with Crippen molar-refractivity contribution in [2.45, 2.75) is 50.6 Å². The fourth-order valence-electron chi connectivity index (χ4n) is 5.26. The first kappa shape index (κ1) is 10.1. The standard InChI is InChI=1S/C14H21N3/c15-7-13-8-16-9-17(13)14-4-10-1-11(5-14)3-12(2-10)6-14/h8-12H,1-7,15H2. The van der Waals surface area contributed by atoms with Crippen molar-refractivity contribution >= 4 is 0 Å². The van der Waals surface area contributed by atoms with Gasteiger partial charge in [-0.2, -0.15) is 0 Å². The molecule has 4 aliphatic carbocycles. The van der Waals surface area contributed by atoms with Gasteiger partial charge in [0, 0.05) is 18.3 Å². The maximum Gasteiger partial charge on any atom is 0.0953 e. The predicted octanol–water partition coefficient (Wildman–Crippen LogP) is 2.27. The van der Waals surface area contributed by atoms with Gasteiger partial charge < -0.3 is 10.3 Å². The minimum atomic E-state index is 0.389. The molecule has 2 N–H and O–H groups in total. The van der Waals surface area contributed by atoms with E-state index < -0.39 is 0 Å². The van der Waals surface area contributed by atoms with E-state index in [-0.39, 0.29) is 0 Å². The zero-order valence-corrected chi connectivity index (χ0v) is 10.3. The van der Waals surface area contributed by atoms with Crippen LogP contribution >= 0.6 is 0 Å². The Morgan fingerprint density at radius 1 is 1.18 bits per heavy atom. The molecule has 4 saturated carbocycles. The van der Waals surface area contributed by atoms with Gasteiger partial charge in [-0.1, -0.05) is 0 Å². The highest BCUT2D eigenvalue weighted by Crippen LogP contribution is 2.58. The van der Waals surface area contributed by atoms with E-state index in [9.17, 15) is 0 Å². The van der Waals surface area contributed by atoms with Crippen LogP contribution in [-0.2, 0) is 12.1 Å². The van der Waals surface area contributed by atoms with Crippen LogP contribution in [0.15, 0.2) is 12.5 Å². The van der Waals surface area contributed by atoms with Crippen molar-refractivity contribution in [2.24, 2.45) is 23.5 Å². The van der Waals surface area contributed by atoms with Crippen LogP contribution in [0.5, 0.6) is 0 Å². The fraction of sp³-hybridized carbons (Fsp3) is 0.786. The van der Waals surface area contributed by atoms with Crippen molar-refractivity contribution in [3.8, 4) is 0 Å². The molecular formula is C14H21N3. The van der Waals surface area contributed by atoms with E-state index >= 15 is 0 Å². The monoisotopic (exact) mass is 231 g/mol. The number of rotatable bonds is 2. The summed E-state index contributed by atoms with van der Waals surface area (Å²) in [5.41, 5.74) is 7.47. The molecule has 4 bridgehead atoms. The van der Waals surface area contributed by atoms with Crippen molar-refractivity contribution in [1.29, 1.82) is 0 Å². The molecule has 0 radical (unpaired) electrons. The molecule has 0 aliphatic heterocycles. The molecule has 4 aliphatic rings. The summed E-state index contributed by atoms with van der Waals surface area (Å²) in [6.07, 6.45) is 12.6. The largest absolute Gasteiger partial charge is 0.327 e. The van der Waals surface area contributed by atoms with Gasteiger partial charge in [0.05, 0.1) is 12.0 Å². The minimum absolute atomic E-state index is 0.389. The Hall–Kier alpha value is -0.830. The summed E-state index contributed by atoms with van der Waals surface area (Å²) >= 11 is 0. The van der Waals surface area contributed by atoms with Crippen LogP contribution in [0.2, 0.25) is 0 Å². The van der Waals surface area contributed by atoms with Crippen LogP contribution in [0.4, 0.5) is 0 Å². The van der Waals surface area contributed by atoms with E-state index in [1.54, 1.807) is 0 Å². The Labute approximate surface area is 102 Å². The Balaban J connectivity index is 1.77. The summed E-state index contributed by atoms with van der Waals surface area (Å²) < 4.78 is 2.44. The third-order valence-corrected chi connectivity index (χ3v) is 5.44. The maximum atomic E-state index is 5.85. The van der Waals surface area contributed by atoms with E-state index in [1.807, 2.05) is 12.5 Å². The lowest BCUT2D eigenvalue weighted by atomic mass is 9.53. The van der Waals surface area contributed by atoms with Gasteiger partial charge >= 0.3 is 0 Å². The van der Waals surface area contributed by atoms with E-state index in [4.69, 9.17) is 5.73 Å². The van der Waals surface area contributed by atoms with E-state index in [0.29, 0.717) is 12.1 Å². The smallest absolute Gasteiger partial charge is 0.0953 e. The van der Waals surface area contributed by atoms with Crippen molar-refractivity contribution in [3.05, 3.63) is 18.2 Å². The molecule has 1 aromatic rings. The minimum Gasteiger partial charge on any atom is -0.327 e. The quantitative estimate of drug-likeness (QED) is 0.848. The highest BCUT2D eigenvalue weighted by Gasteiger charge is 2.52. The van der Waals surface area contributed by atoms with Gasteiger partial charge in [0.1, 0.15) is 0 Å². The van der Waals surface area contributed by atoms with E-state index in [2.05, 4.69) is 9.55 Å². The van der Waals surface area contributed by atoms with Crippen LogP contribution in [0.3, 0.4) is 0 Å². The molecule has 4 fully saturated rings. The molecule has 5 rings (SSSR count). The molecule has 0 amide bonds. The lowest BCUT2D eigenvalue weighted by Gasteiger charge is -2.57. The Bertz CT molecular complexity index is 399. The highest BCUT2D eigenvalue weighted by molar-refractivity contribution is 5.11. The zero-order valence-electron chi connectivity index (χ0n) is 10.3. The van der Waals surface area contributed by atoms with Crippen molar-refractivity contribution < 1.29 is 0 Å². The van der Waals surface area contributed by atoms with Gasteiger partial charge in [-0.25, -0.2) is 4.98 Å². The third kappa shape index (κ3) is 1.35. The van der Waals surface area contributed by atoms with Crippen LogP contribution < -0.4 is 5.73 Å². The number of hydrogen-bond donors (Lipinski definition) is 1. The number of aromatic nitrogens is 2. The molecule has 3 nitrogen and oxygen atoms in total. The predicted molar refractivity (Wildman–Crippen MR) is 66.3 cm³/mol. The summed E-state index contributed by atoms with van der Waals surface area (Å²) in [7, 11) is 0. The molecule has 1 heterocycles. The Morgan fingerprint density at radius 3 is 2.29 bits per heavy atom. The molecule has 3 heteroatoms. The SMILES string of the molecule is NCc1cncn1C12CC3CC(CC(C3)C1)C2. The normalized spacial score (nSPS) is 43.2. The van der Waals surface area contributed by atoms with Crippen LogP contribution in [-0.4, -0.2) is 9.55 Å². The molecule has 0 aromatic carbocycles. The molecule has 0 spiro atoms. The van der Waals surface area contributed by atoms with Gasteiger partial charge in [-0.3, -0.25) is 0 Å². The summed E-state index contributed by atoms with van der Waals surface area (Å²) in [4.78, 5) is 4.33. The van der Waals surface area contributed by atoms with Gasteiger partial charge in [-0.05, 0) is 56.3 Å². The zero-order chi connectivity index (χ0) is 11.5. The average molecular weight is 231 g/mol. The first-order chi connectivity index (χ1) is 8.29. The molecule has 17 heavy (non-hydrogen) atoms. The van der Waals surface area contributed by atoms with Crippen LogP contribution in [0.25, 0.3) is 0 Å². The molecule has 1 aromatic heterocycles. The lowest BCUT2D eigenvalue weighted by molar-refractivity contribution is -0.0443. The van der Waals surface area contributed by atoms with Crippen molar-refractivity contribution in [3.63, 3.8) is 0 Å². The first-order valence-corrected chi connectivity index (χ1v) is 7.01. The van der Waals surface area contributed by atoms with Gasteiger partial charge in [0.25, 0.3) is 0 Å². The van der Waals surface area contributed by atoms with Crippen molar-refractivity contribution in [2.75, 3.05) is 0 Å². The van der Waals surface area contributed by atoms with E-state index in [1.165, 1.54) is 44.2 Å². The van der Waals surface area contributed by atoms with Gasteiger partial charge in [0.2, 0.25) is 0 Å². The highest BCUT2D eigenvalue weighted by atomic mass is 15.1. The summed E-state index contributed by atoms with van der Waals surface area (Å²) in [5.74, 6) is 2.94. The molecule has 0 saturated heterocycles. The second-order valence-corrected chi connectivity index (χ2v) is 6.60. The summed E-state index contributed by atoms with van der Waals surface area (Å²) in [6.45, 7) is 0.627. The second-order valence-electron chi connectivity index (χ2n) is 6.60. The van der Waals surface area contributed by atoms with E-state index in [0.717, 1.165) is 17.8 Å². The topological polar surface area (TPSA) is 43.8 Å². The first-order valence-electron chi connectivity index (χ1n) is 7.01. The van der Waals surface area contributed by atoms with Crippen LogP contribution in [0.1, 0.15) is 44.2 Å². The summed E-state index contributed by atoms with van der Waals surface area (Å²) in [5, 5.41) is 0. The average Bonchev–Trinajstić information content (AvgIpc) is 2.75. The third-order valence-electron chi connectivity index (χ3n) is 5.44. The number of nitrogens with zero attached hydrogens (tertiary/aromatic N) is 2. The maximum absolute atomic E-state index is 5.85. The number of imidazole rings is 1.